The molecular formula is C16H22ClN3O4S. The van der Waals surface area contributed by atoms with Gasteiger partial charge >= 0.3 is 0 Å². The number of benzene rings is 1. The largest absolute Gasteiger partial charge is 0.354 e. The monoisotopic (exact) mass is 387 g/mol. The highest BCUT2D eigenvalue weighted by atomic mass is 35.5. The summed E-state index contributed by atoms with van der Waals surface area (Å²) in [6.45, 7) is 1.32. The lowest BCUT2D eigenvalue weighted by Gasteiger charge is -2.29. The summed E-state index contributed by atoms with van der Waals surface area (Å²) >= 11 is 5.95. The van der Waals surface area contributed by atoms with Gasteiger partial charge in [0.2, 0.25) is 15.9 Å². The Bertz CT molecular complexity index is 731. The van der Waals surface area contributed by atoms with E-state index in [0.29, 0.717) is 43.1 Å². The topological polar surface area (TPSA) is 95.6 Å². The van der Waals surface area contributed by atoms with Crippen molar-refractivity contribution in [3.63, 3.8) is 0 Å². The van der Waals surface area contributed by atoms with Crippen LogP contribution in [0.4, 0.5) is 0 Å². The van der Waals surface area contributed by atoms with Gasteiger partial charge in [-0.2, -0.15) is 0 Å². The zero-order valence-electron chi connectivity index (χ0n) is 14.0. The molecule has 7 nitrogen and oxygen atoms in total. The number of carbonyl (C=O) groups is 2. The first-order valence-electron chi connectivity index (χ1n) is 8.04. The maximum Gasteiger partial charge on any atom is 0.252 e. The normalized spacial score (nSPS) is 16.4. The van der Waals surface area contributed by atoms with Crippen molar-refractivity contribution in [3.05, 3.63) is 34.9 Å². The van der Waals surface area contributed by atoms with Crippen LogP contribution in [0, 0.1) is 5.92 Å². The highest BCUT2D eigenvalue weighted by Crippen LogP contribution is 2.19. The number of piperidine rings is 1. The molecule has 0 unspecified atom stereocenters. The van der Waals surface area contributed by atoms with Crippen LogP contribution < -0.4 is 10.6 Å². The highest BCUT2D eigenvalue weighted by molar-refractivity contribution is 7.88. The van der Waals surface area contributed by atoms with Crippen molar-refractivity contribution in [1.29, 1.82) is 0 Å². The summed E-state index contributed by atoms with van der Waals surface area (Å²) in [6, 6.07) is 6.74. The van der Waals surface area contributed by atoms with E-state index in [2.05, 4.69) is 10.6 Å². The third-order valence-corrected chi connectivity index (χ3v) is 5.75. The fourth-order valence-electron chi connectivity index (χ4n) is 2.70. The Balaban J connectivity index is 1.69. The molecule has 2 N–H and O–H groups in total. The number of nitrogens with zero attached hydrogens (tertiary/aromatic N) is 1. The van der Waals surface area contributed by atoms with Crippen LogP contribution in [0.5, 0.6) is 0 Å². The average molecular weight is 388 g/mol. The van der Waals surface area contributed by atoms with Crippen LogP contribution in [0.2, 0.25) is 5.02 Å². The Morgan fingerprint density at radius 2 is 1.76 bits per heavy atom. The van der Waals surface area contributed by atoms with Crippen molar-refractivity contribution in [2.75, 3.05) is 32.4 Å². The minimum atomic E-state index is -3.19. The fraction of sp³-hybridized carbons (Fsp3) is 0.500. The summed E-state index contributed by atoms with van der Waals surface area (Å²) in [6.07, 6.45) is 2.19. The van der Waals surface area contributed by atoms with Gasteiger partial charge in [-0.3, -0.25) is 9.59 Å². The highest BCUT2D eigenvalue weighted by Gasteiger charge is 2.28. The lowest BCUT2D eigenvalue weighted by Crippen LogP contribution is -2.44. The number of halogens is 1. The predicted octanol–water partition coefficient (Wildman–Crippen LogP) is 0.858. The Morgan fingerprint density at radius 1 is 1.16 bits per heavy atom. The molecule has 1 aliphatic rings. The van der Waals surface area contributed by atoms with Crippen molar-refractivity contribution in [2.24, 2.45) is 5.92 Å². The van der Waals surface area contributed by atoms with E-state index in [0.717, 1.165) is 0 Å². The third kappa shape index (κ3) is 5.69. The molecule has 25 heavy (non-hydrogen) atoms. The maximum absolute atomic E-state index is 12.1. The first kappa shape index (κ1) is 19.7. The van der Waals surface area contributed by atoms with E-state index < -0.39 is 10.0 Å². The summed E-state index contributed by atoms with van der Waals surface area (Å²) in [5.74, 6) is -0.598. The van der Waals surface area contributed by atoms with Crippen molar-refractivity contribution in [3.8, 4) is 0 Å². The van der Waals surface area contributed by atoms with Crippen molar-refractivity contribution in [1.82, 2.24) is 14.9 Å². The van der Waals surface area contributed by atoms with Crippen molar-refractivity contribution in [2.45, 2.75) is 12.8 Å². The molecule has 1 saturated heterocycles. The lowest BCUT2D eigenvalue weighted by atomic mass is 9.97. The second-order valence-electron chi connectivity index (χ2n) is 5.96. The quantitative estimate of drug-likeness (QED) is 0.707. The summed E-state index contributed by atoms with van der Waals surface area (Å²) in [5.41, 5.74) is 0.392. The zero-order valence-corrected chi connectivity index (χ0v) is 15.6. The molecule has 1 aromatic rings. The Kier molecular flexibility index (Phi) is 6.80. The molecule has 0 atom stereocenters. The fourth-order valence-corrected chi connectivity index (χ4v) is 3.79. The van der Waals surface area contributed by atoms with Crippen LogP contribution in [-0.2, 0) is 14.8 Å². The van der Waals surface area contributed by atoms with Gasteiger partial charge in [-0.05, 0) is 25.0 Å². The number of rotatable bonds is 6. The van der Waals surface area contributed by atoms with Crippen LogP contribution in [0.25, 0.3) is 0 Å². The standard InChI is InChI=1S/C16H22ClN3O4S/c1-25(23,24)20-10-6-12(7-11-20)15(21)18-8-9-19-16(22)13-4-2-3-5-14(13)17/h2-5,12H,6-11H2,1H3,(H,18,21)(H,19,22). The van der Waals surface area contributed by atoms with Gasteiger partial charge in [-0.1, -0.05) is 23.7 Å². The minimum absolute atomic E-state index is 0.111. The molecule has 0 aliphatic carbocycles. The average Bonchev–Trinajstić information content (AvgIpc) is 2.58. The molecule has 1 aromatic carbocycles. The molecule has 1 heterocycles. The summed E-state index contributed by atoms with van der Waals surface area (Å²) < 4.78 is 24.3. The number of sulfonamides is 1. The van der Waals surface area contributed by atoms with E-state index in [4.69, 9.17) is 11.6 Å². The summed E-state index contributed by atoms with van der Waals surface area (Å²) in [4.78, 5) is 24.1. The molecule has 2 rings (SSSR count). The minimum Gasteiger partial charge on any atom is -0.354 e. The third-order valence-electron chi connectivity index (χ3n) is 4.12. The molecule has 1 aliphatic heterocycles. The van der Waals surface area contributed by atoms with Crippen LogP contribution >= 0.6 is 11.6 Å². The molecule has 1 fully saturated rings. The Hall–Kier alpha value is -1.64. The predicted molar refractivity (Wildman–Crippen MR) is 95.9 cm³/mol. The molecule has 0 bridgehead atoms. The van der Waals surface area contributed by atoms with Gasteiger partial charge in [-0.15, -0.1) is 0 Å². The van der Waals surface area contributed by atoms with E-state index in [1.165, 1.54) is 10.6 Å². The van der Waals surface area contributed by atoms with Gasteiger partial charge in [0.15, 0.2) is 0 Å². The van der Waals surface area contributed by atoms with E-state index >= 15 is 0 Å². The number of nitrogens with one attached hydrogen (secondary N) is 2. The van der Waals surface area contributed by atoms with E-state index in [1.807, 2.05) is 0 Å². The number of amides is 2. The van der Waals surface area contributed by atoms with E-state index in [1.54, 1.807) is 24.3 Å². The molecule has 0 spiro atoms. The summed E-state index contributed by atoms with van der Waals surface area (Å²) in [7, 11) is -3.19. The first-order chi connectivity index (χ1) is 11.8. The lowest BCUT2D eigenvalue weighted by molar-refractivity contribution is -0.126. The second kappa shape index (κ2) is 8.64. The van der Waals surface area contributed by atoms with Gasteiger partial charge < -0.3 is 10.6 Å². The van der Waals surface area contributed by atoms with Crippen LogP contribution in [-0.4, -0.2) is 57.0 Å². The van der Waals surface area contributed by atoms with Gasteiger partial charge in [-0.25, -0.2) is 12.7 Å². The number of hydrogen-bond acceptors (Lipinski definition) is 4. The maximum atomic E-state index is 12.1. The number of carbonyl (C=O) groups excluding carboxylic acids is 2. The molecule has 0 radical (unpaired) electrons. The van der Waals surface area contributed by atoms with Gasteiger partial charge in [0, 0.05) is 32.1 Å². The van der Waals surface area contributed by atoms with Crippen LogP contribution in [0.1, 0.15) is 23.2 Å². The molecule has 138 valence electrons. The Labute approximate surface area is 152 Å². The van der Waals surface area contributed by atoms with E-state index in [-0.39, 0.29) is 24.3 Å². The van der Waals surface area contributed by atoms with Gasteiger partial charge in [0.05, 0.1) is 16.8 Å². The molecule has 0 saturated carbocycles. The SMILES string of the molecule is CS(=O)(=O)N1CCC(C(=O)NCCNC(=O)c2ccccc2Cl)CC1. The van der Waals surface area contributed by atoms with Gasteiger partial charge in [0.25, 0.3) is 5.91 Å². The number of hydrogen-bond donors (Lipinski definition) is 2. The smallest absolute Gasteiger partial charge is 0.252 e. The van der Waals surface area contributed by atoms with Crippen molar-refractivity contribution < 1.29 is 18.0 Å². The van der Waals surface area contributed by atoms with Gasteiger partial charge in [0.1, 0.15) is 0 Å². The zero-order chi connectivity index (χ0) is 18.4. The summed E-state index contributed by atoms with van der Waals surface area (Å²) in [5, 5.41) is 5.85. The Morgan fingerprint density at radius 3 is 2.36 bits per heavy atom. The van der Waals surface area contributed by atoms with E-state index in [9.17, 15) is 18.0 Å². The first-order valence-corrected chi connectivity index (χ1v) is 10.3. The van der Waals surface area contributed by atoms with Crippen LogP contribution in [0.3, 0.4) is 0 Å². The van der Waals surface area contributed by atoms with Crippen molar-refractivity contribution >= 4 is 33.4 Å². The second-order valence-corrected chi connectivity index (χ2v) is 8.35. The molecule has 2 amide bonds. The molecular weight excluding hydrogens is 366 g/mol. The van der Waals surface area contributed by atoms with Crippen LogP contribution in [0.15, 0.2) is 24.3 Å². The molecule has 0 aromatic heterocycles. The molecule has 9 heteroatoms.